The Kier molecular flexibility index (Phi) is 6.30. The number of aromatic nitrogens is 2. The van der Waals surface area contributed by atoms with Crippen molar-refractivity contribution in [2.45, 2.75) is 12.8 Å². The Morgan fingerprint density at radius 3 is 2.81 bits per heavy atom. The molecule has 2 amide bonds. The molecule has 1 atom stereocenters. The van der Waals surface area contributed by atoms with Gasteiger partial charge in [0, 0.05) is 38.1 Å². The van der Waals surface area contributed by atoms with Gasteiger partial charge in [-0.25, -0.2) is 14.8 Å². The van der Waals surface area contributed by atoms with E-state index in [9.17, 15) is 4.79 Å². The second-order valence-corrected chi connectivity index (χ2v) is 6.40. The number of anilines is 2. The SMILES string of the molecule is COc1ccc(OC)c(NC(=O)NC[C@@H]2CCCN(c3ncccn3)C2)c1. The molecule has 2 aromatic rings. The first-order valence-corrected chi connectivity index (χ1v) is 8.98. The van der Waals surface area contributed by atoms with Crippen LogP contribution in [-0.4, -0.2) is 49.9 Å². The van der Waals surface area contributed by atoms with E-state index in [0.717, 1.165) is 31.9 Å². The minimum atomic E-state index is -0.269. The fourth-order valence-electron chi connectivity index (χ4n) is 3.18. The van der Waals surface area contributed by atoms with Crippen LogP contribution in [0, 0.1) is 5.92 Å². The lowest BCUT2D eigenvalue weighted by atomic mass is 9.98. The van der Waals surface area contributed by atoms with Crippen LogP contribution >= 0.6 is 0 Å². The van der Waals surface area contributed by atoms with Crippen molar-refractivity contribution in [1.29, 1.82) is 0 Å². The molecule has 0 unspecified atom stereocenters. The van der Waals surface area contributed by atoms with E-state index in [2.05, 4.69) is 25.5 Å². The van der Waals surface area contributed by atoms with Crippen LogP contribution in [0.25, 0.3) is 0 Å². The molecule has 27 heavy (non-hydrogen) atoms. The van der Waals surface area contributed by atoms with Gasteiger partial charge < -0.3 is 25.0 Å². The van der Waals surface area contributed by atoms with Crippen LogP contribution in [0.4, 0.5) is 16.4 Å². The summed E-state index contributed by atoms with van der Waals surface area (Å²) < 4.78 is 10.5. The summed E-state index contributed by atoms with van der Waals surface area (Å²) in [6, 6.07) is 6.81. The van der Waals surface area contributed by atoms with Gasteiger partial charge in [-0.2, -0.15) is 0 Å². The van der Waals surface area contributed by atoms with Gasteiger partial charge in [0.2, 0.25) is 5.95 Å². The Labute approximate surface area is 158 Å². The summed E-state index contributed by atoms with van der Waals surface area (Å²) in [6.07, 6.45) is 5.61. The minimum absolute atomic E-state index is 0.269. The zero-order valence-electron chi connectivity index (χ0n) is 15.6. The molecule has 0 spiro atoms. The predicted octanol–water partition coefficient (Wildman–Crippen LogP) is 2.53. The lowest BCUT2D eigenvalue weighted by Gasteiger charge is -2.32. The van der Waals surface area contributed by atoms with Crippen molar-refractivity contribution >= 4 is 17.7 Å². The standard InChI is InChI=1S/C19H25N5O3/c1-26-15-6-7-17(27-2)16(11-15)23-19(25)22-12-14-5-3-10-24(13-14)18-20-8-4-9-21-18/h4,6-9,11,14H,3,5,10,12-13H2,1-2H3,(H2,22,23,25)/t14-/m0/s1. The number of methoxy groups -OCH3 is 2. The van der Waals surface area contributed by atoms with Gasteiger partial charge in [-0.15, -0.1) is 0 Å². The topological polar surface area (TPSA) is 88.6 Å². The average molecular weight is 371 g/mol. The zero-order chi connectivity index (χ0) is 19.1. The number of nitrogens with zero attached hydrogens (tertiary/aromatic N) is 3. The van der Waals surface area contributed by atoms with Gasteiger partial charge in [0.15, 0.2) is 0 Å². The second-order valence-electron chi connectivity index (χ2n) is 6.40. The molecular weight excluding hydrogens is 346 g/mol. The van der Waals surface area contributed by atoms with E-state index in [-0.39, 0.29) is 6.03 Å². The summed E-state index contributed by atoms with van der Waals surface area (Å²) in [5, 5.41) is 5.77. The Morgan fingerprint density at radius 2 is 2.07 bits per heavy atom. The number of hydrogen-bond acceptors (Lipinski definition) is 6. The first-order valence-electron chi connectivity index (χ1n) is 8.98. The highest BCUT2D eigenvalue weighted by Gasteiger charge is 2.22. The summed E-state index contributed by atoms with van der Waals surface area (Å²) in [5.74, 6) is 2.32. The fourth-order valence-corrected chi connectivity index (χ4v) is 3.18. The molecule has 1 aromatic heterocycles. The lowest BCUT2D eigenvalue weighted by Crippen LogP contribution is -2.42. The highest BCUT2D eigenvalue weighted by Crippen LogP contribution is 2.28. The molecule has 0 bridgehead atoms. The van der Waals surface area contributed by atoms with Crippen LogP contribution in [0.2, 0.25) is 0 Å². The fraction of sp³-hybridized carbons (Fsp3) is 0.421. The van der Waals surface area contributed by atoms with Crippen LogP contribution in [-0.2, 0) is 0 Å². The van der Waals surface area contributed by atoms with Gasteiger partial charge in [0.1, 0.15) is 11.5 Å². The van der Waals surface area contributed by atoms with Gasteiger partial charge in [-0.1, -0.05) is 0 Å². The predicted molar refractivity (Wildman–Crippen MR) is 104 cm³/mol. The number of urea groups is 1. The molecule has 1 aliphatic heterocycles. The molecule has 1 aliphatic rings. The molecule has 1 fully saturated rings. The quantitative estimate of drug-likeness (QED) is 0.811. The number of carbonyl (C=O) groups is 1. The number of piperidine rings is 1. The van der Waals surface area contributed by atoms with Crippen LogP contribution in [0.3, 0.4) is 0 Å². The molecule has 144 valence electrons. The molecule has 0 radical (unpaired) electrons. The zero-order valence-corrected chi connectivity index (χ0v) is 15.6. The van der Waals surface area contributed by atoms with E-state index < -0.39 is 0 Å². The Morgan fingerprint density at radius 1 is 1.26 bits per heavy atom. The van der Waals surface area contributed by atoms with E-state index in [1.165, 1.54) is 0 Å². The van der Waals surface area contributed by atoms with E-state index in [4.69, 9.17) is 9.47 Å². The lowest BCUT2D eigenvalue weighted by molar-refractivity contribution is 0.249. The summed E-state index contributed by atoms with van der Waals surface area (Å²) in [7, 11) is 3.14. The maximum absolute atomic E-state index is 12.3. The smallest absolute Gasteiger partial charge is 0.319 e. The molecular formula is C19H25N5O3. The number of carbonyl (C=O) groups excluding carboxylic acids is 1. The molecule has 2 N–H and O–H groups in total. The van der Waals surface area contributed by atoms with E-state index >= 15 is 0 Å². The maximum Gasteiger partial charge on any atom is 0.319 e. The minimum Gasteiger partial charge on any atom is -0.497 e. The highest BCUT2D eigenvalue weighted by molar-refractivity contribution is 5.91. The van der Waals surface area contributed by atoms with Gasteiger partial charge in [-0.05, 0) is 37.0 Å². The van der Waals surface area contributed by atoms with Gasteiger partial charge in [0.05, 0.1) is 19.9 Å². The Balaban J connectivity index is 1.53. The average Bonchev–Trinajstić information content (AvgIpc) is 2.73. The van der Waals surface area contributed by atoms with E-state index in [1.807, 2.05) is 6.07 Å². The van der Waals surface area contributed by atoms with Crippen LogP contribution in [0.15, 0.2) is 36.7 Å². The molecule has 1 aromatic carbocycles. The van der Waals surface area contributed by atoms with Crippen molar-refractivity contribution in [3.63, 3.8) is 0 Å². The molecule has 3 rings (SSSR count). The first kappa shape index (κ1) is 18.8. The van der Waals surface area contributed by atoms with Crippen LogP contribution < -0.4 is 25.0 Å². The van der Waals surface area contributed by atoms with Crippen molar-refractivity contribution in [1.82, 2.24) is 15.3 Å². The van der Waals surface area contributed by atoms with Crippen molar-refractivity contribution in [3.05, 3.63) is 36.7 Å². The number of benzene rings is 1. The third-order valence-corrected chi connectivity index (χ3v) is 4.56. The van der Waals surface area contributed by atoms with Crippen molar-refractivity contribution in [3.8, 4) is 11.5 Å². The van der Waals surface area contributed by atoms with Gasteiger partial charge in [-0.3, -0.25) is 0 Å². The van der Waals surface area contributed by atoms with Gasteiger partial charge >= 0.3 is 6.03 Å². The summed E-state index contributed by atoms with van der Waals surface area (Å²) in [6.45, 7) is 2.35. The van der Waals surface area contributed by atoms with Crippen molar-refractivity contribution in [2.24, 2.45) is 5.92 Å². The molecule has 2 heterocycles. The van der Waals surface area contributed by atoms with Crippen molar-refractivity contribution in [2.75, 3.05) is 44.1 Å². The number of rotatable bonds is 6. The highest BCUT2D eigenvalue weighted by atomic mass is 16.5. The van der Waals surface area contributed by atoms with Crippen molar-refractivity contribution < 1.29 is 14.3 Å². The van der Waals surface area contributed by atoms with Crippen LogP contribution in [0.5, 0.6) is 11.5 Å². The Bertz CT molecular complexity index is 756. The third kappa shape index (κ3) is 4.99. The first-order chi connectivity index (χ1) is 13.2. The molecule has 8 nitrogen and oxygen atoms in total. The van der Waals surface area contributed by atoms with Crippen LogP contribution in [0.1, 0.15) is 12.8 Å². The second kappa shape index (κ2) is 9.07. The number of ether oxygens (including phenoxy) is 2. The number of amides is 2. The summed E-state index contributed by atoms with van der Waals surface area (Å²) in [5.41, 5.74) is 0.567. The molecule has 0 saturated carbocycles. The largest absolute Gasteiger partial charge is 0.497 e. The Hall–Kier alpha value is -3.03. The normalized spacial score (nSPS) is 16.5. The molecule has 1 saturated heterocycles. The van der Waals surface area contributed by atoms with E-state index in [0.29, 0.717) is 29.6 Å². The number of hydrogen-bond donors (Lipinski definition) is 2. The van der Waals surface area contributed by atoms with Gasteiger partial charge in [0.25, 0.3) is 0 Å². The maximum atomic E-state index is 12.3. The monoisotopic (exact) mass is 371 g/mol. The number of nitrogens with one attached hydrogen (secondary N) is 2. The van der Waals surface area contributed by atoms with E-state index in [1.54, 1.807) is 44.8 Å². The molecule has 8 heteroatoms. The molecule has 0 aliphatic carbocycles. The third-order valence-electron chi connectivity index (χ3n) is 4.56. The summed E-state index contributed by atoms with van der Waals surface area (Å²) >= 11 is 0. The summed E-state index contributed by atoms with van der Waals surface area (Å²) in [4.78, 5) is 23.1.